The quantitative estimate of drug-likeness (QED) is 0.776. The van der Waals surface area contributed by atoms with Crippen molar-refractivity contribution in [3.8, 4) is 5.75 Å². The van der Waals surface area contributed by atoms with Gasteiger partial charge in [0.1, 0.15) is 5.75 Å². The smallest absolute Gasteiger partial charge is 0.151 e. The highest BCUT2D eigenvalue weighted by atomic mass is 16.5. The van der Waals surface area contributed by atoms with Crippen molar-refractivity contribution in [1.29, 1.82) is 0 Å². The lowest BCUT2D eigenvalue weighted by Crippen LogP contribution is -2.39. The van der Waals surface area contributed by atoms with Gasteiger partial charge in [-0.3, -0.25) is 9.69 Å². The van der Waals surface area contributed by atoms with E-state index in [0.717, 1.165) is 37.6 Å². The normalized spacial score (nSPS) is 16.0. The predicted octanol–water partition coefficient (Wildman–Crippen LogP) is 2.65. The van der Waals surface area contributed by atoms with Gasteiger partial charge in [0, 0.05) is 19.5 Å². The van der Waals surface area contributed by atoms with Crippen LogP contribution in [0.4, 0.5) is 0 Å². The van der Waals surface area contributed by atoms with Crippen molar-refractivity contribution in [2.75, 3.05) is 39.5 Å². The van der Waals surface area contributed by atoms with Crippen LogP contribution in [0.25, 0.3) is 0 Å². The zero-order valence-electron chi connectivity index (χ0n) is 13.9. The summed E-state index contributed by atoms with van der Waals surface area (Å²) in [6.07, 6.45) is 0.490. The van der Waals surface area contributed by atoms with Gasteiger partial charge in [0.05, 0.1) is 26.4 Å². The fourth-order valence-electron chi connectivity index (χ4n) is 2.74. The minimum atomic E-state index is 0.265. The fraction of sp³-hybridized carbons (Fsp3) is 0.611. The molecule has 1 fully saturated rings. The van der Waals surface area contributed by atoms with Crippen LogP contribution in [0.2, 0.25) is 0 Å². The van der Waals surface area contributed by atoms with Gasteiger partial charge in [-0.05, 0) is 30.0 Å². The van der Waals surface area contributed by atoms with E-state index in [1.165, 1.54) is 5.56 Å². The summed E-state index contributed by atoms with van der Waals surface area (Å²) in [5, 5.41) is 0. The van der Waals surface area contributed by atoms with E-state index in [4.69, 9.17) is 9.47 Å². The average Bonchev–Trinajstić information content (AvgIpc) is 2.49. The molecule has 1 saturated heterocycles. The maximum atomic E-state index is 12.3. The SMILES string of the molecule is CCOc1ccc(CC(=O)CN2CCOCC2)cc1C(C)C. The molecule has 4 nitrogen and oxygen atoms in total. The monoisotopic (exact) mass is 305 g/mol. The van der Waals surface area contributed by atoms with E-state index in [0.29, 0.717) is 25.5 Å². The number of benzene rings is 1. The van der Waals surface area contributed by atoms with Crippen molar-refractivity contribution >= 4 is 5.78 Å². The highest BCUT2D eigenvalue weighted by molar-refractivity contribution is 5.82. The standard InChI is InChI=1S/C18H27NO3/c1-4-22-18-6-5-15(12-17(18)14(2)3)11-16(20)13-19-7-9-21-10-8-19/h5-6,12,14H,4,7-11,13H2,1-3H3. The summed E-state index contributed by atoms with van der Waals surface area (Å²) in [7, 11) is 0. The van der Waals surface area contributed by atoms with E-state index in [-0.39, 0.29) is 5.78 Å². The third-order valence-electron chi connectivity index (χ3n) is 3.90. The molecular formula is C18H27NO3. The van der Waals surface area contributed by atoms with Crippen LogP contribution < -0.4 is 4.74 Å². The van der Waals surface area contributed by atoms with E-state index < -0.39 is 0 Å². The zero-order valence-corrected chi connectivity index (χ0v) is 13.9. The van der Waals surface area contributed by atoms with Crippen LogP contribution in [0.15, 0.2) is 18.2 Å². The molecule has 1 aromatic rings. The van der Waals surface area contributed by atoms with Crippen molar-refractivity contribution < 1.29 is 14.3 Å². The lowest BCUT2D eigenvalue weighted by atomic mass is 9.97. The van der Waals surface area contributed by atoms with Gasteiger partial charge in [-0.25, -0.2) is 0 Å². The highest BCUT2D eigenvalue weighted by Gasteiger charge is 2.15. The molecule has 0 unspecified atom stereocenters. The maximum Gasteiger partial charge on any atom is 0.151 e. The molecule has 0 atom stereocenters. The first-order valence-electron chi connectivity index (χ1n) is 8.17. The van der Waals surface area contributed by atoms with Crippen LogP contribution in [0, 0.1) is 0 Å². The van der Waals surface area contributed by atoms with Gasteiger partial charge in [-0.15, -0.1) is 0 Å². The third kappa shape index (κ3) is 4.82. The molecule has 1 aliphatic heterocycles. The summed E-state index contributed by atoms with van der Waals surface area (Å²) in [5.41, 5.74) is 2.25. The van der Waals surface area contributed by atoms with Crippen LogP contribution in [0.1, 0.15) is 37.8 Å². The second kappa shape index (κ2) is 8.30. The Morgan fingerprint density at radius 3 is 2.68 bits per heavy atom. The summed E-state index contributed by atoms with van der Waals surface area (Å²) in [5.74, 6) is 1.58. The van der Waals surface area contributed by atoms with Crippen molar-refractivity contribution in [3.63, 3.8) is 0 Å². The van der Waals surface area contributed by atoms with Crippen LogP contribution >= 0.6 is 0 Å². The molecular weight excluding hydrogens is 278 g/mol. The first-order valence-corrected chi connectivity index (χ1v) is 8.17. The Morgan fingerprint density at radius 1 is 1.32 bits per heavy atom. The van der Waals surface area contributed by atoms with Crippen molar-refractivity contribution in [1.82, 2.24) is 4.90 Å². The molecule has 0 saturated carbocycles. The minimum absolute atomic E-state index is 0.265. The van der Waals surface area contributed by atoms with Crippen molar-refractivity contribution in [3.05, 3.63) is 29.3 Å². The topological polar surface area (TPSA) is 38.8 Å². The summed E-state index contributed by atoms with van der Waals surface area (Å²) >= 11 is 0. The number of rotatable bonds is 7. The van der Waals surface area contributed by atoms with E-state index >= 15 is 0 Å². The number of carbonyl (C=O) groups is 1. The Hall–Kier alpha value is -1.39. The Bertz CT molecular complexity index is 493. The number of morpholine rings is 1. The summed E-state index contributed by atoms with van der Waals surface area (Å²) < 4.78 is 11.0. The number of nitrogens with zero attached hydrogens (tertiary/aromatic N) is 1. The van der Waals surface area contributed by atoms with E-state index in [1.54, 1.807) is 0 Å². The van der Waals surface area contributed by atoms with Crippen LogP contribution in [0.5, 0.6) is 5.75 Å². The molecule has 0 aromatic heterocycles. The van der Waals surface area contributed by atoms with E-state index in [2.05, 4.69) is 24.8 Å². The number of ketones is 1. The van der Waals surface area contributed by atoms with Crippen molar-refractivity contribution in [2.24, 2.45) is 0 Å². The van der Waals surface area contributed by atoms with Crippen molar-refractivity contribution in [2.45, 2.75) is 33.1 Å². The summed E-state index contributed by atoms with van der Waals surface area (Å²) in [6, 6.07) is 6.12. The highest BCUT2D eigenvalue weighted by Crippen LogP contribution is 2.27. The zero-order chi connectivity index (χ0) is 15.9. The van der Waals surface area contributed by atoms with Gasteiger partial charge in [-0.1, -0.05) is 26.0 Å². The molecule has 0 radical (unpaired) electrons. The lowest BCUT2D eigenvalue weighted by molar-refractivity contribution is -0.120. The molecule has 4 heteroatoms. The molecule has 1 heterocycles. The van der Waals surface area contributed by atoms with Gasteiger partial charge in [0.25, 0.3) is 0 Å². The molecule has 2 rings (SSSR count). The first kappa shape index (κ1) is 17.0. The summed E-state index contributed by atoms with van der Waals surface area (Å²) in [6.45, 7) is 10.6. The molecule has 0 amide bonds. The molecule has 0 spiro atoms. The van der Waals surface area contributed by atoms with Gasteiger partial charge in [0.15, 0.2) is 5.78 Å². The van der Waals surface area contributed by atoms with Gasteiger partial charge in [-0.2, -0.15) is 0 Å². The van der Waals surface area contributed by atoms with Gasteiger partial charge < -0.3 is 9.47 Å². The second-order valence-corrected chi connectivity index (χ2v) is 6.06. The third-order valence-corrected chi connectivity index (χ3v) is 3.90. The van der Waals surface area contributed by atoms with E-state index in [9.17, 15) is 4.79 Å². The molecule has 0 bridgehead atoms. The Labute approximate surface area is 133 Å². The number of ether oxygens (including phenoxy) is 2. The second-order valence-electron chi connectivity index (χ2n) is 6.06. The van der Waals surface area contributed by atoms with Crippen LogP contribution in [-0.4, -0.2) is 50.1 Å². The maximum absolute atomic E-state index is 12.3. The lowest BCUT2D eigenvalue weighted by Gasteiger charge is -2.25. The molecule has 1 aromatic carbocycles. The Kier molecular flexibility index (Phi) is 6.40. The largest absolute Gasteiger partial charge is 0.494 e. The molecule has 0 aliphatic carbocycles. The van der Waals surface area contributed by atoms with Gasteiger partial charge in [0.2, 0.25) is 0 Å². The fourth-order valence-corrected chi connectivity index (χ4v) is 2.74. The molecule has 0 N–H and O–H groups in total. The van der Waals surface area contributed by atoms with Crippen LogP contribution in [0.3, 0.4) is 0 Å². The van der Waals surface area contributed by atoms with Crippen LogP contribution in [-0.2, 0) is 16.0 Å². The summed E-state index contributed by atoms with van der Waals surface area (Å²) in [4.78, 5) is 14.4. The first-order chi connectivity index (χ1) is 10.6. The Balaban J connectivity index is 1.99. The Morgan fingerprint density at radius 2 is 2.05 bits per heavy atom. The average molecular weight is 305 g/mol. The molecule has 122 valence electrons. The number of hydrogen-bond donors (Lipinski definition) is 0. The predicted molar refractivity (Wildman–Crippen MR) is 87.7 cm³/mol. The van der Waals surface area contributed by atoms with Gasteiger partial charge >= 0.3 is 0 Å². The molecule has 22 heavy (non-hydrogen) atoms. The molecule has 1 aliphatic rings. The number of Topliss-reactive ketones (excluding diaryl/α,β-unsaturated/α-hetero) is 1. The van der Waals surface area contributed by atoms with E-state index in [1.807, 2.05) is 19.1 Å². The number of hydrogen-bond acceptors (Lipinski definition) is 4. The number of carbonyl (C=O) groups excluding carboxylic acids is 1. The minimum Gasteiger partial charge on any atom is -0.494 e.